The van der Waals surface area contributed by atoms with Crippen LogP contribution in [0.5, 0.6) is 0 Å². The molecule has 2 rings (SSSR count). The van der Waals surface area contributed by atoms with Crippen LogP contribution < -0.4 is 5.73 Å². The number of rotatable bonds is 3. The van der Waals surface area contributed by atoms with Gasteiger partial charge < -0.3 is 10.6 Å². The predicted molar refractivity (Wildman–Crippen MR) is 83.0 cm³/mol. The molecule has 0 spiro atoms. The van der Waals surface area contributed by atoms with Crippen LogP contribution in [0.2, 0.25) is 10.0 Å². The minimum absolute atomic E-state index is 0.0660. The largest absolute Gasteiger partial charge is 0.334 e. The number of hydrogen-bond donors (Lipinski definition) is 1. The predicted octanol–water partition coefficient (Wildman–Crippen LogP) is 3.64. The topological polar surface area (TPSA) is 46.3 Å². The maximum atomic E-state index is 12.2. The van der Waals surface area contributed by atoms with E-state index in [2.05, 4.69) is 13.8 Å². The molecule has 1 fully saturated rings. The lowest BCUT2D eigenvalue weighted by Crippen LogP contribution is -2.49. The van der Waals surface area contributed by atoms with E-state index in [4.69, 9.17) is 28.9 Å². The van der Waals surface area contributed by atoms with E-state index in [1.165, 1.54) is 0 Å². The molecular formula is C15H20Cl2N2O. The van der Waals surface area contributed by atoms with Gasteiger partial charge in [-0.3, -0.25) is 4.79 Å². The van der Waals surface area contributed by atoms with Gasteiger partial charge in [0.1, 0.15) is 0 Å². The third kappa shape index (κ3) is 3.27. The number of benzene rings is 1. The zero-order chi connectivity index (χ0) is 14.9. The Morgan fingerprint density at radius 3 is 2.65 bits per heavy atom. The van der Waals surface area contributed by atoms with Gasteiger partial charge in [0.2, 0.25) is 5.91 Å². The highest BCUT2D eigenvalue weighted by molar-refractivity contribution is 6.42. The molecule has 3 nitrogen and oxygen atoms in total. The minimum Gasteiger partial charge on any atom is -0.334 e. The van der Waals surface area contributed by atoms with E-state index in [0.29, 0.717) is 35.3 Å². The van der Waals surface area contributed by atoms with Crippen molar-refractivity contribution in [2.75, 3.05) is 6.54 Å². The summed E-state index contributed by atoms with van der Waals surface area (Å²) in [6.07, 6.45) is 1.23. The monoisotopic (exact) mass is 314 g/mol. The van der Waals surface area contributed by atoms with E-state index in [1.807, 2.05) is 17.0 Å². The van der Waals surface area contributed by atoms with Crippen molar-refractivity contribution in [1.29, 1.82) is 0 Å². The van der Waals surface area contributed by atoms with Crippen molar-refractivity contribution in [3.63, 3.8) is 0 Å². The summed E-state index contributed by atoms with van der Waals surface area (Å²) >= 11 is 12.1. The third-order valence-corrected chi connectivity index (χ3v) is 4.34. The molecule has 2 unspecified atom stereocenters. The van der Waals surface area contributed by atoms with Crippen LogP contribution in [0.1, 0.15) is 38.3 Å². The van der Waals surface area contributed by atoms with Crippen LogP contribution in [0.15, 0.2) is 18.2 Å². The summed E-state index contributed by atoms with van der Waals surface area (Å²) in [5, 5.41) is 1.01. The zero-order valence-electron chi connectivity index (χ0n) is 11.8. The van der Waals surface area contributed by atoms with E-state index in [0.717, 1.165) is 5.56 Å². The van der Waals surface area contributed by atoms with Gasteiger partial charge in [0.05, 0.1) is 16.1 Å². The van der Waals surface area contributed by atoms with Crippen LogP contribution in [0.4, 0.5) is 0 Å². The van der Waals surface area contributed by atoms with Crippen LogP contribution in [0, 0.1) is 5.92 Å². The van der Waals surface area contributed by atoms with E-state index < -0.39 is 0 Å². The fourth-order valence-corrected chi connectivity index (χ4v) is 3.02. The Morgan fingerprint density at radius 1 is 1.35 bits per heavy atom. The molecule has 1 saturated heterocycles. The maximum absolute atomic E-state index is 12.2. The summed E-state index contributed by atoms with van der Waals surface area (Å²) in [6, 6.07) is 5.31. The number of piperidine rings is 1. The molecule has 0 bridgehead atoms. The Hall–Kier alpha value is -0.770. The minimum atomic E-state index is -0.117. The number of nitrogens with zero attached hydrogens (tertiary/aromatic N) is 1. The van der Waals surface area contributed by atoms with Crippen LogP contribution in [0.3, 0.4) is 0 Å². The molecule has 110 valence electrons. The molecule has 20 heavy (non-hydrogen) atoms. The molecule has 1 aliphatic heterocycles. The number of halogens is 2. The van der Waals surface area contributed by atoms with Gasteiger partial charge in [0, 0.05) is 19.0 Å². The lowest BCUT2D eigenvalue weighted by atomic mass is 9.90. The Morgan fingerprint density at radius 2 is 2.05 bits per heavy atom. The average Bonchev–Trinajstić information content (AvgIpc) is 2.37. The molecule has 1 amide bonds. The van der Waals surface area contributed by atoms with E-state index in [-0.39, 0.29) is 18.0 Å². The second-order valence-corrected chi connectivity index (χ2v) is 6.58. The quantitative estimate of drug-likeness (QED) is 0.925. The maximum Gasteiger partial charge on any atom is 0.223 e. The summed E-state index contributed by atoms with van der Waals surface area (Å²) in [7, 11) is 0. The van der Waals surface area contributed by atoms with E-state index in [9.17, 15) is 4.79 Å². The first-order chi connectivity index (χ1) is 9.40. The molecule has 2 atom stereocenters. The van der Waals surface area contributed by atoms with Crippen molar-refractivity contribution in [2.24, 2.45) is 11.7 Å². The Balaban J connectivity index is 2.36. The van der Waals surface area contributed by atoms with Gasteiger partial charge in [-0.05, 0) is 30.0 Å². The molecule has 1 heterocycles. The lowest BCUT2D eigenvalue weighted by Gasteiger charge is -2.41. The molecule has 0 radical (unpaired) electrons. The molecule has 1 aliphatic rings. The molecule has 1 aromatic carbocycles. The normalized spacial score (nSPS) is 23.5. The summed E-state index contributed by atoms with van der Waals surface area (Å²) in [5.41, 5.74) is 7.22. The van der Waals surface area contributed by atoms with Crippen molar-refractivity contribution >= 4 is 29.1 Å². The Bertz CT molecular complexity index is 505. The molecule has 0 saturated carbocycles. The second-order valence-electron chi connectivity index (χ2n) is 5.76. The highest BCUT2D eigenvalue weighted by Crippen LogP contribution is 2.34. The second kappa shape index (κ2) is 6.33. The lowest BCUT2D eigenvalue weighted by molar-refractivity contribution is -0.138. The first-order valence-electron chi connectivity index (χ1n) is 6.90. The fourth-order valence-electron chi connectivity index (χ4n) is 2.71. The number of carbonyl (C=O) groups is 1. The zero-order valence-corrected chi connectivity index (χ0v) is 13.3. The number of carbonyl (C=O) groups excluding carboxylic acids is 1. The van der Waals surface area contributed by atoms with Crippen LogP contribution in [-0.4, -0.2) is 23.4 Å². The van der Waals surface area contributed by atoms with Gasteiger partial charge in [-0.1, -0.05) is 43.1 Å². The SMILES string of the molecule is CC(C)CN1C(=O)CCC(N)C1c1ccc(Cl)c(Cl)c1. The van der Waals surface area contributed by atoms with Crippen molar-refractivity contribution in [1.82, 2.24) is 4.90 Å². The fraction of sp³-hybridized carbons (Fsp3) is 0.533. The van der Waals surface area contributed by atoms with Crippen molar-refractivity contribution < 1.29 is 4.79 Å². The Labute approximate surface area is 130 Å². The number of amides is 1. The van der Waals surface area contributed by atoms with Crippen molar-refractivity contribution in [3.05, 3.63) is 33.8 Å². The summed E-state index contributed by atoms with van der Waals surface area (Å²) in [6.45, 7) is 4.90. The first kappa shape index (κ1) is 15.6. The molecule has 5 heteroatoms. The molecule has 0 aliphatic carbocycles. The van der Waals surface area contributed by atoms with Gasteiger partial charge in [0.15, 0.2) is 0 Å². The Kier molecular flexibility index (Phi) is 4.95. The van der Waals surface area contributed by atoms with Crippen LogP contribution in [0.25, 0.3) is 0 Å². The van der Waals surface area contributed by atoms with Gasteiger partial charge in [-0.15, -0.1) is 0 Å². The number of likely N-dealkylation sites (tertiary alicyclic amines) is 1. The summed E-state index contributed by atoms with van der Waals surface area (Å²) in [5.74, 6) is 0.561. The van der Waals surface area contributed by atoms with Gasteiger partial charge in [-0.25, -0.2) is 0 Å². The van der Waals surface area contributed by atoms with Crippen LogP contribution in [-0.2, 0) is 4.79 Å². The van der Waals surface area contributed by atoms with E-state index in [1.54, 1.807) is 6.07 Å². The van der Waals surface area contributed by atoms with Crippen molar-refractivity contribution in [3.8, 4) is 0 Å². The molecule has 1 aromatic rings. The summed E-state index contributed by atoms with van der Waals surface area (Å²) < 4.78 is 0. The van der Waals surface area contributed by atoms with Gasteiger partial charge in [-0.2, -0.15) is 0 Å². The van der Waals surface area contributed by atoms with Gasteiger partial charge >= 0.3 is 0 Å². The standard InChI is InChI=1S/C15H20Cl2N2O/c1-9(2)8-19-14(20)6-5-13(18)15(19)10-3-4-11(16)12(17)7-10/h3-4,7,9,13,15H,5-6,8,18H2,1-2H3. The number of hydrogen-bond acceptors (Lipinski definition) is 2. The summed E-state index contributed by atoms with van der Waals surface area (Å²) in [4.78, 5) is 14.1. The highest BCUT2D eigenvalue weighted by Gasteiger charge is 2.35. The molecule has 2 N–H and O–H groups in total. The van der Waals surface area contributed by atoms with Crippen molar-refractivity contribution in [2.45, 2.75) is 38.8 Å². The molecule has 0 aromatic heterocycles. The van der Waals surface area contributed by atoms with E-state index >= 15 is 0 Å². The highest BCUT2D eigenvalue weighted by atomic mass is 35.5. The number of nitrogens with two attached hydrogens (primary N) is 1. The van der Waals surface area contributed by atoms with Crippen LogP contribution >= 0.6 is 23.2 Å². The smallest absolute Gasteiger partial charge is 0.223 e. The first-order valence-corrected chi connectivity index (χ1v) is 7.65. The average molecular weight is 315 g/mol. The third-order valence-electron chi connectivity index (χ3n) is 3.60. The van der Waals surface area contributed by atoms with Gasteiger partial charge in [0.25, 0.3) is 0 Å². The molecular weight excluding hydrogens is 295 g/mol.